The maximum absolute atomic E-state index is 12.5. The van der Waals surface area contributed by atoms with Crippen molar-refractivity contribution >= 4 is 17.7 Å². The lowest BCUT2D eigenvalue weighted by atomic mass is 10.0. The molecule has 0 spiro atoms. The fraction of sp³-hybridized carbons (Fsp3) is 0.588. The smallest absolute Gasteiger partial charge is 0.241 e. The predicted molar refractivity (Wildman–Crippen MR) is 90.5 cm³/mol. The molecule has 21 heavy (non-hydrogen) atoms. The summed E-state index contributed by atoms with van der Waals surface area (Å²) in [5, 5.41) is 3.46. The predicted octanol–water partition coefficient (Wildman–Crippen LogP) is 3.12. The van der Waals surface area contributed by atoms with E-state index in [2.05, 4.69) is 50.5 Å². The Morgan fingerprint density at radius 2 is 2.10 bits per heavy atom. The molecule has 1 saturated heterocycles. The second-order valence-corrected chi connectivity index (χ2v) is 7.11. The fourth-order valence-corrected chi connectivity index (χ4v) is 3.63. The van der Waals surface area contributed by atoms with Crippen LogP contribution in [0.3, 0.4) is 0 Å². The molecule has 1 amide bonds. The Morgan fingerprint density at radius 3 is 2.76 bits per heavy atom. The van der Waals surface area contributed by atoms with Gasteiger partial charge in [0.15, 0.2) is 0 Å². The van der Waals surface area contributed by atoms with Gasteiger partial charge in [0.25, 0.3) is 0 Å². The van der Waals surface area contributed by atoms with Crippen molar-refractivity contribution in [3.05, 3.63) is 34.9 Å². The number of thioether (sulfide) groups is 1. The molecule has 4 heteroatoms. The highest BCUT2D eigenvalue weighted by Gasteiger charge is 2.38. The molecular formula is C17H26N2OS. The minimum atomic E-state index is -0.101. The van der Waals surface area contributed by atoms with Crippen molar-refractivity contribution in [3.63, 3.8) is 0 Å². The summed E-state index contributed by atoms with van der Waals surface area (Å²) in [5.74, 6) is 1.80. The first kappa shape index (κ1) is 16.4. The van der Waals surface area contributed by atoms with Crippen LogP contribution in [0.25, 0.3) is 0 Å². The van der Waals surface area contributed by atoms with E-state index in [4.69, 9.17) is 0 Å². The van der Waals surface area contributed by atoms with Crippen LogP contribution in [0.2, 0.25) is 0 Å². The number of carbonyl (C=O) groups is 1. The highest BCUT2D eigenvalue weighted by molar-refractivity contribution is 7.98. The molecule has 3 atom stereocenters. The molecular weight excluding hydrogens is 280 g/mol. The van der Waals surface area contributed by atoms with Gasteiger partial charge in [-0.15, -0.1) is 0 Å². The zero-order chi connectivity index (χ0) is 15.6. The van der Waals surface area contributed by atoms with Crippen LogP contribution in [0.4, 0.5) is 0 Å². The van der Waals surface area contributed by atoms with Crippen molar-refractivity contribution in [2.75, 3.05) is 18.6 Å². The Balaban J connectivity index is 2.27. The van der Waals surface area contributed by atoms with Gasteiger partial charge in [-0.1, -0.05) is 30.7 Å². The van der Waals surface area contributed by atoms with Gasteiger partial charge < -0.3 is 4.90 Å². The molecule has 1 fully saturated rings. The van der Waals surface area contributed by atoms with E-state index in [1.54, 1.807) is 0 Å². The van der Waals surface area contributed by atoms with E-state index in [1.165, 1.54) is 16.7 Å². The first-order valence-electron chi connectivity index (χ1n) is 7.56. The van der Waals surface area contributed by atoms with Crippen LogP contribution in [0.1, 0.15) is 36.7 Å². The number of rotatable bonds is 5. The zero-order valence-corrected chi connectivity index (χ0v) is 14.5. The topological polar surface area (TPSA) is 32.3 Å². The van der Waals surface area contributed by atoms with Crippen LogP contribution >= 0.6 is 11.8 Å². The van der Waals surface area contributed by atoms with Gasteiger partial charge in [0.05, 0.1) is 6.04 Å². The second kappa shape index (κ2) is 6.84. The molecule has 3 unspecified atom stereocenters. The molecule has 1 aromatic rings. The normalized spacial score (nSPS) is 23.7. The first-order valence-corrected chi connectivity index (χ1v) is 8.96. The van der Waals surface area contributed by atoms with Crippen LogP contribution < -0.4 is 5.32 Å². The Labute approximate surface area is 132 Å². The van der Waals surface area contributed by atoms with Crippen molar-refractivity contribution in [2.45, 2.75) is 39.9 Å². The van der Waals surface area contributed by atoms with Gasteiger partial charge in [-0.05, 0) is 49.8 Å². The quantitative estimate of drug-likeness (QED) is 0.907. The van der Waals surface area contributed by atoms with Gasteiger partial charge >= 0.3 is 0 Å². The Kier molecular flexibility index (Phi) is 5.33. The SMILES string of the molecule is CSCC(C)CN1C(=O)C(C)NC1c1cc(C)ccc1C. The summed E-state index contributed by atoms with van der Waals surface area (Å²) < 4.78 is 0. The molecule has 1 aliphatic heterocycles. The number of nitrogens with zero attached hydrogens (tertiary/aromatic N) is 1. The van der Waals surface area contributed by atoms with E-state index in [0.717, 1.165) is 12.3 Å². The molecule has 1 N–H and O–H groups in total. The standard InChI is InChI=1S/C17H26N2OS/c1-11-6-7-13(3)15(8-11)16-18-14(4)17(20)19(16)9-12(2)10-21-5/h6-8,12,14,16,18H,9-10H2,1-5H3. The average molecular weight is 306 g/mol. The maximum atomic E-state index is 12.5. The van der Waals surface area contributed by atoms with E-state index in [9.17, 15) is 4.79 Å². The van der Waals surface area contributed by atoms with Crippen LogP contribution in [0.15, 0.2) is 18.2 Å². The highest BCUT2D eigenvalue weighted by Crippen LogP contribution is 2.29. The number of hydrogen-bond acceptors (Lipinski definition) is 3. The molecule has 3 nitrogen and oxygen atoms in total. The Bertz CT molecular complexity index is 518. The maximum Gasteiger partial charge on any atom is 0.241 e. The lowest BCUT2D eigenvalue weighted by molar-refractivity contribution is -0.130. The van der Waals surface area contributed by atoms with Gasteiger partial charge in [0, 0.05) is 6.54 Å². The van der Waals surface area contributed by atoms with Crippen LogP contribution in [-0.4, -0.2) is 35.4 Å². The van der Waals surface area contributed by atoms with Crippen molar-refractivity contribution in [1.29, 1.82) is 0 Å². The summed E-state index contributed by atoms with van der Waals surface area (Å²) in [6.45, 7) is 9.21. The van der Waals surface area contributed by atoms with Crippen LogP contribution in [0, 0.1) is 19.8 Å². The van der Waals surface area contributed by atoms with Crippen molar-refractivity contribution < 1.29 is 4.79 Å². The lowest BCUT2D eigenvalue weighted by Crippen LogP contribution is -2.35. The van der Waals surface area contributed by atoms with E-state index >= 15 is 0 Å². The number of benzene rings is 1. The van der Waals surface area contributed by atoms with Gasteiger partial charge in [-0.2, -0.15) is 11.8 Å². The highest BCUT2D eigenvalue weighted by atomic mass is 32.2. The summed E-state index contributed by atoms with van der Waals surface area (Å²) in [6.07, 6.45) is 2.13. The third-order valence-corrected chi connectivity index (χ3v) is 4.96. The van der Waals surface area contributed by atoms with Crippen molar-refractivity contribution in [2.24, 2.45) is 5.92 Å². The monoisotopic (exact) mass is 306 g/mol. The van der Waals surface area contributed by atoms with Gasteiger partial charge in [-0.25, -0.2) is 0 Å². The molecule has 1 heterocycles. The molecule has 0 bridgehead atoms. The summed E-state index contributed by atoms with van der Waals surface area (Å²) >= 11 is 1.84. The summed E-state index contributed by atoms with van der Waals surface area (Å²) in [7, 11) is 0. The zero-order valence-electron chi connectivity index (χ0n) is 13.6. The third-order valence-electron chi connectivity index (χ3n) is 4.06. The Hall–Kier alpha value is -1.00. The minimum absolute atomic E-state index is 0.0108. The van der Waals surface area contributed by atoms with E-state index in [0.29, 0.717) is 5.92 Å². The van der Waals surface area contributed by atoms with Crippen molar-refractivity contribution in [1.82, 2.24) is 10.2 Å². The molecule has 116 valence electrons. The van der Waals surface area contributed by atoms with Gasteiger partial charge in [-0.3, -0.25) is 10.1 Å². The third kappa shape index (κ3) is 3.61. The Morgan fingerprint density at radius 1 is 1.38 bits per heavy atom. The molecule has 1 aromatic carbocycles. The summed E-state index contributed by atoms with van der Waals surface area (Å²) in [4.78, 5) is 14.5. The number of hydrogen-bond donors (Lipinski definition) is 1. The van der Waals surface area contributed by atoms with Crippen molar-refractivity contribution in [3.8, 4) is 0 Å². The van der Waals surface area contributed by atoms with E-state index in [1.807, 2.05) is 23.6 Å². The second-order valence-electron chi connectivity index (χ2n) is 6.20. The molecule has 0 radical (unpaired) electrons. The van der Waals surface area contributed by atoms with Gasteiger partial charge in [0.1, 0.15) is 6.17 Å². The van der Waals surface area contributed by atoms with E-state index in [-0.39, 0.29) is 18.1 Å². The van der Waals surface area contributed by atoms with E-state index < -0.39 is 0 Å². The lowest BCUT2D eigenvalue weighted by Gasteiger charge is -2.28. The minimum Gasteiger partial charge on any atom is -0.321 e. The fourth-order valence-electron chi connectivity index (χ4n) is 2.95. The molecule has 0 aromatic heterocycles. The molecule has 2 rings (SSSR count). The molecule has 0 aliphatic carbocycles. The summed E-state index contributed by atoms with van der Waals surface area (Å²) in [6, 6.07) is 6.37. The number of nitrogens with one attached hydrogen (secondary N) is 1. The summed E-state index contributed by atoms with van der Waals surface area (Å²) in [5.41, 5.74) is 3.70. The van der Waals surface area contributed by atoms with Crippen LogP contribution in [0.5, 0.6) is 0 Å². The molecule has 0 saturated carbocycles. The number of carbonyl (C=O) groups excluding carboxylic acids is 1. The van der Waals surface area contributed by atoms with Gasteiger partial charge in [0.2, 0.25) is 5.91 Å². The molecule has 1 aliphatic rings. The number of aryl methyl sites for hydroxylation is 2. The average Bonchev–Trinajstić information content (AvgIpc) is 2.70. The first-order chi connectivity index (χ1) is 9.93. The van der Waals surface area contributed by atoms with Crippen LogP contribution in [-0.2, 0) is 4.79 Å². The number of amides is 1. The largest absolute Gasteiger partial charge is 0.321 e.